The number of anilines is 1. The minimum Gasteiger partial charge on any atom is -0.367 e. The van der Waals surface area contributed by atoms with Gasteiger partial charge >= 0.3 is 6.18 Å². The summed E-state index contributed by atoms with van der Waals surface area (Å²) in [6.45, 7) is 1.82. The molecule has 1 fully saturated rings. The van der Waals surface area contributed by atoms with Gasteiger partial charge in [0, 0.05) is 36.5 Å². The molecule has 9 heteroatoms. The van der Waals surface area contributed by atoms with Crippen molar-refractivity contribution in [3.8, 4) is 0 Å². The van der Waals surface area contributed by atoms with Gasteiger partial charge in [0.05, 0.1) is 0 Å². The summed E-state index contributed by atoms with van der Waals surface area (Å²) in [4.78, 5) is 16.7. The lowest BCUT2D eigenvalue weighted by atomic mass is 10.0. The van der Waals surface area contributed by atoms with E-state index in [1.54, 1.807) is 12.3 Å². The number of pyridine rings is 1. The third-order valence-corrected chi connectivity index (χ3v) is 5.26. The molecule has 2 aliphatic rings. The van der Waals surface area contributed by atoms with E-state index in [1.165, 1.54) is 6.07 Å². The molecule has 0 radical (unpaired) electrons. The number of fused-ring (bicyclic) bond motifs is 1. The maximum atomic E-state index is 13.5. The number of nitrogens with one attached hydrogen (secondary N) is 2. The maximum absolute atomic E-state index is 13.5. The monoisotopic (exact) mass is 393 g/mol. The summed E-state index contributed by atoms with van der Waals surface area (Å²) in [5.74, 6) is 0.0354. The predicted octanol–water partition coefficient (Wildman–Crippen LogP) is 3.34. The Hall–Kier alpha value is -2.58. The Balaban J connectivity index is 1.49. The molecule has 2 N–H and O–H groups in total. The molecule has 1 saturated carbocycles. The molecule has 3 atom stereocenters. The Kier molecular flexibility index (Phi) is 4.76. The molecule has 2 aromatic heterocycles. The van der Waals surface area contributed by atoms with Gasteiger partial charge in [0.25, 0.3) is 5.91 Å². The SMILES string of the molecule is CC(Cc1ccccn1)NC(=O)c1cc2n(n1)[C@@H](C(F)(F)F)C[C@@H](C1CC1)N2. The zero-order valence-electron chi connectivity index (χ0n) is 15.4. The molecule has 1 aliphatic heterocycles. The van der Waals surface area contributed by atoms with Crippen LogP contribution in [0.4, 0.5) is 19.0 Å². The first kappa shape index (κ1) is 18.8. The topological polar surface area (TPSA) is 71.8 Å². The number of nitrogens with zero attached hydrogens (tertiary/aromatic N) is 3. The molecule has 3 heterocycles. The largest absolute Gasteiger partial charge is 0.410 e. The van der Waals surface area contributed by atoms with Crippen molar-refractivity contribution < 1.29 is 18.0 Å². The number of aromatic nitrogens is 3. The Morgan fingerprint density at radius 3 is 2.82 bits per heavy atom. The van der Waals surface area contributed by atoms with E-state index in [-0.39, 0.29) is 35.9 Å². The van der Waals surface area contributed by atoms with Crippen molar-refractivity contribution >= 4 is 11.7 Å². The highest BCUT2D eigenvalue weighted by atomic mass is 19.4. The molecular formula is C19H22F3N5O. The minimum atomic E-state index is -4.41. The highest BCUT2D eigenvalue weighted by molar-refractivity contribution is 5.93. The molecule has 4 rings (SSSR count). The van der Waals surface area contributed by atoms with Gasteiger partial charge in [-0.05, 0) is 44.2 Å². The number of hydrogen-bond acceptors (Lipinski definition) is 4. The number of rotatable bonds is 5. The molecule has 0 spiro atoms. The van der Waals surface area contributed by atoms with Crippen LogP contribution in [-0.4, -0.2) is 38.9 Å². The van der Waals surface area contributed by atoms with Gasteiger partial charge in [-0.2, -0.15) is 18.3 Å². The first-order chi connectivity index (χ1) is 13.3. The average Bonchev–Trinajstić information content (AvgIpc) is 3.39. The Labute approximate surface area is 160 Å². The molecule has 1 amide bonds. The number of halogens is 3. The van der Waals surface area contributed by atoms with E-state index < -0.39 is 18.1 Å². The smallest absolute Gasteiger partial charge is 0.367 e. The van der Waals surface area contributed by atoms with Gasteiger partial charge in [-0.3, -0.25) is 9.78 Å². The second-order valence-corrected chi connectivity index (χ2v) is 7.64. The Morgan fingerprint density at radius 2 is 2.18 bits per heavy atom. The lowest BCUT2D eigenvalue weighted by Gasteiger charge is -2.33. The van der Waals surface area contributed by atoms with E-state index in [2.05, 4.69) is 20.7 Å². The maximum Gasteiger partial charge on any atom is 0.410 e. The Bertz CT molecular complexity index is 847. The standard InChI is InChI=1S/C19H22F3N5O/c1-11(8-13-4-2-3-7-23-13)24-18(28)15-10-17-25-14(12-5-6-12)9-16(19(20,21)22)27(17)26-15/h2-4,7,10-12,14,16,25H,5-6,8-9H2,1H3,(H,24,28)/t11?,14-,16+/m0/s1. The van der Waals surface area contributed by atoms with Gasteiger partial charge in [-0.1, -0.05) is 6.07 Å². The lowest BCUT2D eigenvalue weighted by Crippen LogP contribution is -2.40. The summed E-state index contributed by atoms with van der Waals surface area (Å²) in [6.07, 6.45) is -0.389. The highest BCUT2D eigenvalue weighted by Gasteiger charge is 2.49. The van der Waals surface area contributed by atoms with Crippen molar-refractivity contribution in [2.75, 3.05) is 5.32 Å². The van der Waals surface area contributed by atoms with Crippen molar-refractivity contribution in [1.82, 2.24) is 20.1 Å². The fourth-order valence-corrected chi connectivity index (χ4v) is 3.70. The van der Waals surface area contributed by atoms with Crippen LogP contribution in [0, 0.1) is 5.92 Å². The van der Waals surface area contributed by atoms with Crippen LogP contribution in [0.1, 0.15) is 48.4 Å². The second kappa shape index (κ2) is 7.10. The normalized spacial score (nSPS) is 22.9. The molecule has 0 aromatic carbocycles. The van der Waals surface area contributed by atoms with Crippen LogP contribution in [-0.2, 0) is 6.42 Å². The molecule has 1 aliphatic carbocycles. The fourth-order valence-electron chi connectivity index (χ4n) is 3.70. The molecule has 1 unspecified atom stereocenters. The van der Waals surface area contributed by atoms with E-state index in [0.29, 0.717) is 6.42 Å². The summed E-state index contributed by atoms with van der Waals surface area (Å²) in [5.41, 5.74) is 0.812. The number of carbonyl (C=O) groups is 1. The first-order valence-corrected chi connectivity index (χ1v) is 9.45. The molecule has 28 heavy (non-hydrogen) atoms. The van der Waals surface area contributed by atoms with Crippen LogP contribution in [0.25, 0.3) is 0 Å². The zero-order chi connectivity index (χ0) is 19.9. The number of alkyl halides is 3. The van der Waals surface area contributed by atoms with Crippen molar-refractivity contribution in [2.24, 2.45) is 5.92 Å². The van der Waals surface area contributed by atoms with Gasteiger partial charge in [-0.15, -0.1) is 0 Å². The van der Waals surface area contributed by atoms with E-state index in [1.807, 2.05) is 19.1 Å². The van der Waals surface area contributed by atoms with Gasteiger partial charge < -0.3 is 10.6 Å². The third kappa shape index (κ3) is 3.98. The molecular weight excluding hydrogens is 371 g/mol. The van der Waals surface area contributed by atoms with Gasteiger partial charge in [0.1, 0.15) is 5.82 Å². The molecule has 0 saturated heterocycles. The van der Waals surface area contributed by atoms with Gasteiger partial charge in [0.15, 0.2) is 11.7 Å². The van der Waals surface area contributed by atoms with Crippen LogP contribution >= 0.6 is 0 Å². The fraction of sp³-hybridized carbons (Fsp3) is 0.526. The van der Waals surface area contributed by atoms with Crippen LogP contribution in [0.5, 0.6) is 0 Å². The third-order valence-electron chi connectivity index (χ3n) is 5.26. The highest BCUT2D eigenvalue weighted by Crippen LogP contribution is 2.45. The van der Waals surface area contributed by atoms with Crippen LogP contribution in [0.15, 0.2) is 30.5 Å². The van der Waals surface area contributed by atoms with Gasteiger partial charge in [-0.25, -0.2) is 4.68 Å². The van der Waals surface area contributed by atoms with E-state index >= 15 is 0 Å². The lowest BCUT2D eigenvalue weighted by molar-refractivity contribution is -0.174. The van der Waals surface area contributed by atoms with E-state index in [0.717, 1.165) is 23.2 Å². The van der Waals surface area contributed by atoms with Crippen molar-refractivity contribution in [3.63, 3.8) is 0 Å². The van der Waals surface area contributed by atoms with Crippen molar-refractivity contribution in [1.29, 1.82) is 0 Å². The second-order valence-electron chi connectivity index (χ2n) is 7.64. The summed E-state index contributed by atoms with van der Waals surface area (Å²) >= 11 is 0. The van der Waals surface area contributed by atoms with Crippen molar-refractivity contribution in [2.45, 2.75) is 56.9 Å². The summed E-state index contributed by atoms with van der Waals surface area (Å²) in [6, 6.07) is 4.77. The predicted molar refractivity (Wildman–Crippen MR) is 96.9 cm³/mol. The summed E-state index contributed by atoms with van der Waals surface area (Å²) in [7, 11) is 0. The first-order valence-electron chi connectivity index (χ1n) is 9.45. The number of hydrogen-bond donors (Lipinski definition) is 2. The van der Waals surface area contributed by atoms with Crippen LogP contribution in [0.2, 0.25) is 0 Å². The van der Waals surface area contributed by atoms with Crippen LogP contribution in [0.3, 0.4) is 0 Å². The van der Waals surface area contributed by atoms with E-state index in [9.17, 15) is 18.0 Å². The summed E-state index contributed by atoms with van der Waals surface area (Å²) < 4.78 is 41.5. The molecule has 0 bridgehead atoms. The zero-order valence-corrected chi connectivity index (χ0v) is 15.4. The van der Waals surface area contributed by atoms with Gasteiger partial charge in [0.2, 0.25) is 0 Å². The average molecular weight is 393 g/mol. The number of amides is 1. The quantitative estimate of drug-likeness (QED) is 0.817. The van der Waals surface area contributed by atoms with Crippen LogP contribution < -0.4 is 10.6 Å². The molecule has 6 nitrogen and oxygen atoms in total. The minimum absolute atomic E-state index is 0.0129. The Morgan fingerprint density at radius 1 is 1.39 bits per heavy atom. The summed E-state index contributed by atoms with van der Waals surface area (Å²) in [5, 5.41) is 9.91. The molecule has 2 aromatic rings. The molecule has 150 valence electrons. The van der Waals surface area contributed by atoms with E-state index in [4.69, 9.17) is 0 Å². The number of carbonyl (C=O) groups excluding carboxylic acids is 1. The van der Waals surface area contributed by atoms with Crippen molar-refractivity contribution in [3.05, 3.63) is 41.9 Å².